The van der Waals surface area contributed by atoms with Crippen LogP contribution in [0.3, 0.4) is 0 Å². The molecule has 0 saturated carbocycles. The van der Waals surface area contributed by atoms with E-state index in [9.17, 15) is 14.4 Å². The minimum absolute atomic E-state index is 0.145. The second-order valence-electron chi connectivity index (χ2n) is 7.17. The van der Waals surface area contributed by atoms with Crippen molar-refractivity contribution >= 4 is 50.7 Å². The van der Waals surface area contributed by atoms with E-state index in [0.717, 1.165) is 30.0 Å². The average molecular weight is 457 g/mol. The molecule has 1 amide bonds. The van der Waals surface area contributed by atoms with Gasteiger partial charge in [0.2, 0.25) is 0 Å². The molecule has 2 aromatic heterocycles. The first-order chi connectivity index (χ1) is 14.8. The van der Waals surface area contributed by atoms with Crippen molar-refractivity contribution < 1.29 is 14.3 Å². The van der Waals surface area contributed by atoms with Gasteiger partial charge in [0.05, 0.1) is 16.0 Å². The van der Waals surface area contributed by atoms with Gasteiger partial charge in [-0.3, -0.25) is 14.2 Å². The molecule has 1 aliphatic rings. The summed E-state index contributed by atoms with van der Waals surface area (Å²) in [5.41, 5.74) is 1.03. The molecular formula is C21H17ClN4O4S. The molecular weight excluding hydrogens is 440 g/mol. The number of nitrogens with zero attached hydrogens (tertiary/aromatic N) is 3. The van der Waals surface area contributed by atoms with Crippen LogP contribution < -0.4 is 10.9 Å². The summed E-state index contributed by atoms with van der Waals surface area (Å²) in [6, 6.07) is 6.40. The van der Waals surface area contributed by atoms with Crippen LogP contribution in [0.4, 0.5) is 5.69 Å². The van der Waals surface area contributed by atoms with Crippen LogP contribution >= 0.6 is 22.9 Å². The van der Waals surface area contributed by atoms with Crippen molar-refractivity contribution in [3.8, 4) is 6.07 Å². The van der Waals surface area contributed by atoms with Crippen molar-refractivity contribution in [1.82, 2.24) is 9.55 Å². The Morgan fingerprint density at radius 3 is 2.90 bits per heavy atom. The predicted molar refractivity (Wildman–Crippen MR) is 117 cm³/mol. The number of rotatable bonds is 4. The van der Waals surface area contributed by atoms with Gasteiger partial charge < -0.3 is 10.1 Å². The number of fused-ring (bicyclic) bond motifs is 2. The molecule has 10 heteroatoms. The number of halogens is 1. The van der Waals surface area contributed by atoms with Gasteiger partial charge in [0.1, 0.15) is 21.6 Å². The lowest BCUT2D eigenvalue weighted by Crippen LogP contribution is -2.30. The summed E-state index contributed by atoms with van der Waals surface area (Å²) in [6.45, 7) is 3.76. The number of carbonyl (C=O) groups is 2. The minimum Gasteiger partial charge on any atom is -0.448 e. The van der Waals surface area contributed by atoms with Gasteiger partial charge >= 0.3 is 5.97 Å². The highest BCUT2D eigenvalue weighted by molar-refractivity contribution is 7.20. The zero-order valence-electron chi connectivity index (χ0n) is 16.7. The summed E-state index contributed by atoms with van der Waals surface area (Å²) in [7, 11) is 0. The molecule has 0 bridgehead atoms. The number of ether oxygens (including phenoxy) is 1. The monoisotopic (exact) mass is 456 g/mol. The van der Waals surface area contributed by atoms with Crippen LogP contribution in [0.5, 0.6) is 0 Å². The summed E-state index contributed by atoms with van der Waals surface area (Å²) in [6.07, 6.45) is 0.522. The number of nitrogens with one attached hydrogen (secondary N) is 1. The minimum atomic E-state index is -1.09. The Morgan fingerprint density at radius 1 is 1.42 bits per heavy atom. The third-order valence-corrected chi connectivity index (χ3v) is 6.59. The van der Waals surface area contributed by atoms with Gasteiger partial charge in [-0.2, -0.15) is 5.26 Å². The SMILES string of the molecule is Cc1c(C(=O)OC(C)C(=O)Nc2ccc(C#N)c(Cl)c2)sc2nc3n(c(=O)c12)CCC3. The Labute approximate surface area is 186 Å². The highest BCUT2D eigenvalue weighted by atomic mass is 35.5. The Kier molecular flexibility index (Phi) is 5.52. The number of hydrogen-bond donors (Lipinski definition) is 1. The largest absolute Gasteiger partial charge is 0.448 e. The second-order valence-corrected chi connectivity index (χ2v) is 8.57. The first kappa shape index (κ1) is 21.0. The van der Waals surface area contributed by atoms with Crippen molar-refractivity contribution in [3.05, 3.63) is 55.4 Å². The van der Waals surface area contributed by atoms with Crippen LogP contribution in [0.2, 0.25) is 5.02 Å². The van der Waals surface area contributed by atoms with E-state index in [1.807, 2.05) is 6.07 Å². The van der Waals surface area contributed by atoms with Crippen LogP contribution in [-0.4, -0.2) is 27.5 Å². The summed E-state index contributed by atoms with van der Waals surface area (Å²) < 4.78 is 6.98. The van der Waals surface area contributed by atoms with E-state index >= 15 is 0 Å². The maximum atomic E-state index is 12.8. The molecule has 0 spiro atoms. The van der Waals surface area contributed by atoms with Gasteiger partial charge in [-0.15, -0.1) is 11.3 Å². The van der Waals surface area contributed by atoms with Crippen molar-refractivity contribution in [2.75, 3.05) is 5.32 Å². The van der Waals surface area contributed by atoms with Crippen molar-refractivity contribution in [2.45, 2.75) is 39.3 Å². The molecule has 31 heavy (non-hydrogen) atoms. The number of esters is 1. The Hall–Kier alpha value is -3.22. The van der Waals surface area contributed by atoms with E-state index in [1.165, 1.54) is 25.1 Å². The van der Waals surface area contributed by atoms with Gasteiger partial charge in [-0.05, 0) is 44.0 Å². The fourth-order valence-corrected chi connectivity index (χ4v) is 4.76. The van der Waals surface area contributed by atoms with Crippen LogP contribution in [-0.2, 0) is 22.5 Å². The molecule has 1 N–H and O–H groups in total. The average Bonchev–Trinajstić information content (AvgIpc) is 3.33. The number of benzene rings is 1. The van der Waals surface area contributed by atoms with Gasteiger partial charge in [0.25, 0.3) is 11.5 Å². The molecule has 0 radical (unpaired) electrons. The van der Waals surface area contributed by atoms with Crippen LogP contribution in [0.15, 0.2) is 23.0 Å². The van der Waals surface area contributed by atoms with E-state index in [2.05, 4.69) is 10.3 Å². The number of nitriles is 1. The van der Waals surface area contributed by atoms with Gasteiger partial charge in [-0.1, -0.05) is 11.6 Å². The molecule has 158 valence electrons. The molecule has 0 fully saturated rings. The van der Waals surface area contributed by atoms with E-state index in [1.54, 1.807) is 11.5 Å². The normalized spacial score (nSPS) is 13.5. The lowest BCUT2D eigenvalue weighted by atomic mass is 10.2. The Bertz CT molecular complexity index is 1340. The molecule has 0 aliphatic carbocycles. The number of hydrogen-bond acceptors (Lipinski definition) is 7. The topological polar surface area (TPSA) is 114 Å². The van der Waals surface area contributed by atoms with Crippen LogP contribution in [0.25, 0.3) is 10.2 Å². The zero-order chi connectivity index (χ0) is 22.3. The third-order valence-electron chi connectivity index (χ3n) is 5.11. The van der Waals surface area contributed by atoms with Gasteiger partial charge in [0, 0.05) is 18.7 Å². The number of amides is 1. The zero-order valence-corrected chi connectivity index (χ0v) is 18.3. The summed E-state index contributed by atoms with van der Waals surface area (Å²) in [5, 5.41) is 12.1. The summed E-state index contributed by atoms with van der Waals surface area (Å²) in [5.74, 6) is -0.511. The highest BCUT2D eigenvalue weighted by Gasteiger charge is 2.26. The summed E-state index contributed by atoms with van der Waals surface area (Å²) >= 11 is 7.07. The standard InChI is InChI=1S/C21H17ClN4O4S/c1-10-16-19(25-15-4-3-7-26(15)20(16)28)31-17(10)21(29)30-11(2)18(27)24-13-6-5-12(9-23)14(22)8-13/h5-6,8,11H,3-4,7H2,1-2H3,(H,24,27). The third kappa shape index (κ3) is 3.80. The quantitative estimate of drug-likeness (QED) is 0.601. The van der Waals surface area contributed by atoms with Crippen molar-refractivity contribution in [2.24, 2.45) is 0 Å². The fraction of sp³-hybridized carbons (Fsp3) is 0.286. The Balaban J connectivity index is 1.52. The molecule has 3 aromatic rings. The number of anilines is 1. The van der Waals surface area contributed by atoms with E-state index < -0.39 is 18.0 Å². The number of thiophene rings is 1. The van der Waals surface area contributed by atoms with Gasteiger partial charge in [0.15, 0.2) is 6.10 Å². The lowest BCUT2D eigenvalue weighted by molar-refractivity contribution is -0.123. The lowest BCUT2D eigenvalue weighted by Gasteiger charge is -2.13. The van der Waals surface area contributed by atoms with Crippen LogP contribution in [0, 0.1) is 18.3 Å². The summed E-state index contributed by atoms with van der Waals surface area (Å²) in [4.78, 5) is 43.2. The highest BCUT2D eigenvalue weighted by Crippen LogP contribution is 2.29. The van der Waals surface area contributed by atoms with Gasteiger partial charge in [-0.25, -0.2) is 9.78 Å². The second kappa shape index (κ2) is 8.13. The van der Waals surface area contributed by atoms with E-state index in [-0.39, 0.29) is 21.0 Å². The maximum absolute atomic E-state index is 12.8. The molecule has 3 heterocycles. The first-order valence-corrected chi connectivity index (χ1v) is 10.7. The molecule has 8 nitrogen and oxygen atoms in total. The maximum Gasteiger partial charge on any atom is 0.349 e. The van der Waals surface area contributed by atoms with Crippen LogP contribution in [0.1, 0.15) is 40.0 Å². The van der Waals surface area contributed by atoms with Crippen molar-refractivity contribution in [3.63, 3.8) is 0 Å². The Morgan fingerprint density at radius 2 is 2.19 bits per heavy atom. The number of aryl methyl sites for hydroxylation is 2. The number of carbonyl (C=O) groups excluding carboxylic acids is 2. The smallest absolute Gasteiger partial charge is 0.349 e. The molecule has 1 aromatic carbocycles. The van der Waals surface area contributed by atoms with E-state index in [4.69, 9.17) is 21.6 Å². The van der Waals surface area contributed by atoms with E-state index in [0.29, 0.717) is 28.0 Å². The molecule has 1 unspecified atom stereocenters. The molecule has 1 aliphatic heterocycles. The van der Waals surface area contributed by atoms with Crippen molar-refractivity contribution in [1.29, 1.82) is 5.26 Å². The number of aromatic nitrogens is 2. The molecule has 0 saturated heterocycles. The first-order valence-electron chi connectivity index (χ1n) is 9.54. The predicted octanol–water partition coefficient (Wildman–Crippen LogP) is 3.42. The molecule has 1 atom stereocenters. The molecule has 4 rings (SSSR count). The fourth-order valence-electron chi connectivity index (χ4n) is 3.47.